The zero-order chi connectivity index (χ0) is 31.6. The first-order valence-electron chi connectivity index (χ1n) is 16.3. The van der Waals surface area contributed by atoms with E-state index in [0.717, 1.165) is 30.1 Å². The van der Waals surface area contributed by atoms with Gasteiger partial charge in [0.1, 0.15) is 24.0 Å². The van der Waals surface area contributed by atoms with Gasteiger partial charge in [-0.1, -0.05) is 75.6 Å². The standard InChI is InChI=1S/C35H43ClN4O4S/c1-3-5-6-7-11-14-31-39-40-33(37)28(34(41)38-35(40)45-31)21-24-22-29(36)32(30(23-24)42-4-2)44-20-19-43-27-17-15-26(16-18-27)25-12-9-8-10-13-25/h15-18,21-23,25,37H,3-14,19-20H2,1-2H3/b28-21+,37-33?. The number of aliphatic imine (C=N–C) groups is 1. The topological polar surface area (TPSA) is 96.6 Å². The SMILES string of the molecule is CCCCCCCC1=NN2C(=N)/C(=C\c3cc(Cl)c(OCCOc4ccc(C5CCCCC5)cc4)c(OCC)c3)C(=O)N=C2S1. The normalized spacial score (nSPS) is 17.8. The monoisotopic (exact) mass is 650 g/mol. The van der Waals surface area contributed by atoms with Gasteiger partial charge in [0.25, 0.3) is 5.91 Å². The van der Waals surface area contributed by atoms with E-state index in [0.29, 0.717) is 46.4 Å². The van der Waals surface area contributed by atoms with E-state index in [9.17, 15) is 4.79 Å². The minimum Gasteiger partial charge on any atom is -0.490 e. The lowest BCUT2D eigenvalue weighted by atomic mass is 9.84. The van der Waals surface area contributed by atoms with E-state index in [1.165, 1.54) is 73.7 Å². The largest absolute Gasteiger partial charge is 0.490 e. The van der Waals surface area contributed by atoms with Crippen LogP contribution >= 0.6 is 23.4 Å². The lowest BCUT2D eigenvalue weighted by molar-refractivity contribution is -0.114. The third-order valence-corrected chi connectivity index (χ3v) is 9.44. The predicted molar refractivity (Wildman–Crippen MR) is 184 cm³/mol. The second-order valence-electron chi connectivity index (χ2n) is 11.5. The van der Waals surface area contributed by atoms with E-state index in [1.807, 2.05) is 19.1 Å². The number of hydrogen-bond donors (Lipinski definition) is 1. The molecule has 0 aromatic heterocycles. The Morgan fingerprint density at radius 3 is 2.51 bits per heavy atom. The van der Waals surface area contributed by atoms with Crippen molar-refractivity contribution in [1.29, 1.82) is 5.41 Å². The fourth-order valence-corrected chi connectivity index (χ4v) is 7.03. The number of unbranched alkanes of at least 4 members (excludes halogenated alkanes) is 4. The number of carbonyl (C=O) groups is 1. The van der Waals surface area contributed by atoms with Crippen LogP contribution in [-0.2, 0) is 4.79 Å². The highest BCUT2D eigenvalue weighted by Gasteiger charge is 2.35. The second-order valence-corrected chi connectivity index (χ2v) is 13.0. The number of amidine groups is 2. The Kier molecular flexibility index (Phi) is 12.0. The van der Waals surface area contributed by atoms with Crippen LogP contribution in [0.1, 0.15) is 102 Å². The maximum absolute atomic E-state index is 13.0. The van der Waals surface area contributed by atoms with Gasteiger partial charge in [-0.15, -0.1) is 0 Å². The Morgan fingerprint density at radius 2 is 1.76 bits per heavy atom. The number of fused-ring (bicyclic) bond motifs is 1. The molecule has 0 bridgehead atoms. The molecular formula is C35H43ClN4O4S. The van der Waals surface area contributed by atoms with Crippen molar-refractivity contribution in [2.24, 2.45) is 10.1 Å². The van der Waals surface area contributed by atoms with Gasteiger partial charge in [-0.05, 0) is 91.8 Å². The number of halogens is 1. The molecule has 1 amide bonds. The number of hydrazone groups is 1. The minimum absolute atomic E-state index is 0.00295. The summed E-state index contributed by atoms with van der Waals surface area (Å²) in [6.07, 6.45) is 14.8. The fraction of sp³-hybridized carbons (Fsp3) is 0.486. The first-order chi connectivity index (χ1) is 22.0. The molecule has 1 fully saturated rings. The number of benzene rings is 2. The summed E-state index contributed by atoms with van der Waals surface area (Å²) < 4.78 is 17.8. The van der Waals surface area contributed by atoms with Gasteiger partial charge in [-0.25, -0.2) is 0 Å². The van der Waals surface area contributed by atoms with Crippen molar-refractivity contribution in [3.63, 3.8) is 0 Å². The molecule has 240 valence electrons. The number of thioether (sulfide) groups is 1. The van der Waals surface area contributed by atoms with E-state index in [-0.39, 0.29) is 18.0 Å². The summed E-state index contributed by atoms with van der Waals surface area (Å²) in [4.78, 5) is 17.2. The summed E-state index contributed by atoms with van der Waals surface area (Å²) in [7, 11) is 0. The molecule has 2 aromatic carbocycles. The van der Waals surface area contributed by atoms with Crippen LogP contribution in [0.5, 0.6) is 17.2 Å². The molecule has 1 aliphatic carbocycles. The van der Waals surface area contributed by atoms with E-state index < -0.39 is 5.91 Å². The van der Waals surface area contributed by atoms with E-state index in [1.54, 1.807) is 18.2 Å². The van der Waals surface area contributed by atoms with Gasteiger partial charge in [0, 0.05) is 0 Å². The van der Waals surface area contributed by atoms with Crippen molar-refractivity contribution >= 4 is 51.4 Å². The number of rotatable bonds is 15. The van der Waals surface area contributed by atoms with Crippen molar-refractivity contribution in [2.45, 2.75) is 90.4 Å². The van der Waals surface area contributed by atoms with Crippen molar-refractivity contribution in [1.82, 2.24) is 5.01 Å². The van der Waals surface area contributed by atoms with Crippen LogP contribution in [0.15, 0.2) is 52.1 Å². The third kappa shape index (κ3) is 8.70. The molecule has 10 heteroatoms. The van der Waals surface area contributed by atoms with Gasteiger partial charge in [0.05, 0.1) is 17.2 Å². The highest BCUT2D eigenvalue weighted by Crippen LogP contribution is 2.38. The number of ether oxygens (including phenoxy) is 3. The van der Waals surface area contributed by atoms with Gasteiger partial charge in [0.15, 0.2) is 17.3 Å². The molecule has 45 heavy (non-hydrogen) atoms. The van der Waals surface area contributed by atoms with E-state index in [2.05, 4.69) is 29.2 Å². The summed E-state index contributed by atoms with van der Waals surface area (Å²) in [5.74, 6) is 1.85. The number of nitrogens with zero attached hydrogens (tertiary/aromatic N) is 3. The maximum Gasteiger partial charge on any atom is 0.283 e. The molecule has 1 N–H and O–H groups in total. The summed E-state index contributed by atoms with van der Waals surface area (Å²) in [6.45, 7) is 5.10. The molecule has 2 heterocycles. The molecule has 0 radical (unpaired) electrons. The summed E-state index contributed by atoms with van der Waals surface area (Å²) in [6, 6.07) is 11.9. The number of hydrogen-bond acceptors (Lipinski definition) is 7. The number of carbonyl (C=O) groups excluding carboxylic acids is 1. The summed E-state index contributed by atoms with van der Waals surface area (Å²) in [5, 5.41) is 16.4. The predicted octanol–water partition coefficient (Wildman–Crippen LogP) is 9.22. The Balaban J connectivity index is 1.20. The van der Waals surface area contributed by atoms with Crippen LogP contribution in [-0.4, -0.2) is 46.8 Å². The number of nitrogens with one attached hydrogen (secondary N) is 1. The lowest BCUT2D eigenvalue weighted by Crippen LogP contribution is -2.35. The van der Waals surface area contributed by atoms with Crippen LogP contribution in [0, 0.1) is 5.41 Å². The van der Waals surface area contributed by atoms with Crippen molar-refractivity contribution in [3.05, 3.63) is 58.1 Å². The van der Waals surface area contributed by atoms with Crippen LogP contribution in [0.4, 0.5) is 0 Å². The molecule has 1 saturated carbocycles. The van der Waals surface area contributed by atoms with Crippen LogP contribution in [0.3, 0.4) is 0 Å². The lowest BCUT2D eigenvalue weighted by Gasteiger charge is -2.22. The second kappa shape index (κ2) is 16.3. The molecule has 2 aromatic rings. The Bertz CT molecular complexity index is 1450. The van der Waals surface area contributed by atoms with E-state index in [4.69, 9.17) is 31.2 Å². The Labute approximate surface area is 275 Å². The Hall–Kier alpha value is -3.30. The minimum atomic E-state index is -0.475. The molecule has 0 atom stereocenters. The molecule has 3 aliphatic rings. The average molecular weight is 651 g/mol. The quantitative estimate of drug-likeness (QED) is 0.152. The highest BCUT2D eigenvalue weighted by molar-refractivity contribution is 8.26. The van der Waals surface area contributed by atoms with Crippen molar-refractivity contribution < 1.29 is 19.0 Å². The molecule has 8 nitrogen and oxygen atoms in total. The van der Waals surface area contributed by atoms with Gasteiger partial charge >= 0.3 is 0 Å². The Morgan fingerprint density at radius 1 is 1.00 bits per heavy atom. The zero-order valence-corrected chi connectivity index (χ0v) is 27.9. The summed E-state index contributed by atoms with van der Waals surface area (Å²) >= 11 is 8.03. The molecular weight excluding hydrogens is 608 g/mol. The highest BCUT2D eigenvalue weighted by atomic mass is 35.5. The maximum atomic E-state index is 13.0. The third-order valence-electron chi connectivity index (χ3n) is 8.19. The van der Waals surface area contributed by atoms with Gasteiger partial charge in [-0.2, -0.15) is 15.1 Å². The molecule has 0 saturated heterocycles. The van der Waals surface area contributed by atoms with Gasteiger partial charge in [0.2, 0.25) is 5.17 Å². The zero-order valence-electron chi connectivity index (χ0n) is 26.3. The summed E-state index contributed by atoms with van der Waals surface area (Å²) in [5.41, 5.74) is 2.13. The first-order valence-corrected chi connectivity index (χ1v) is 17.5. The van der Waals surface area contributed by atoms with Crippen molar-refractivity contribution in [3.8, 4) is 17.2 Å². The van der Waals surface area contributed by atoms with E-state index >= 15 is 0 Å². The average Bonchev–Trinajstić information content (AvgIpc) is 3.46. The van der Waals surface area contributed by atoms with Crippen molar-refractivity contribution in [2.75, 3.05) is 19.8 Å². The molecule has 0 spiro atoms. The van der Waals surface area contributed by atoms with Crippen LogP contribution in [0.2, 0.25) is 5.02 Å². The van der Waals surface area contributed by atoms with Crippen LogP contribution in [0.25, 0.3) is 6.08 Å². The first kappa shape index (κ1) is 33.1. The fourth-order valence-electron chi connectivity index (χ4n) is 5.83. The number of amides is 1. The molecule has 5 rings (SSSR count). The smallest absolute Gasteiger partial charge is 0.283 e. The van der Waals surface area contributed by atoms with Gasteiger partial charge < -0.3 is 14.2 Å². The van der Waals surface area contributed by atoms with Crippen LogP contribution < -0.4 is 14.2 Å². The molecule has 0 unspecified atom stereocenters. The molecule has 2 aliphatic heterocycles. The van der Waals surface area contributed by atoms with Gasteiger partial charge in [-0.3, -0.25) is 10.2 Å².